The molecule has 1 aromatic rings. The molecule has 114 valence electrons. The Labute approximate surface area is 128 Å². The van der Waals surface area contributed by atoms with E-state index in [-0.39, 0.29) is 16.3 Å². The molecule has 0 unspecified atom stereocenters. The molecule has 1 aromatic carbocycles. The second-order valence-electron chi connectivity index (χ2n) is 4.12. The number of rotatable bonds is 4. The third kappa shape index (κ3) is 4.19. The highest BCUT2D eigenvalue weighted by Crippen LogP contribution is 2.23. The summed E-state index contributed by atoms with van der Waals surface area (Å²) in [6, 6.07) is 4.28. The maximum Gasteiger partial charge on any atom is 0.337 e. The summed E-state index contributed by atoms with van der Waals surface area (Å²) >= 11 is 5.95. The minimum absolute atomic E-state index is 0.185. The lowest BCUT2D eigenvalue weighted by Crippen LogP contribution is -2.39. The summed E-state index contributed by atoms with van der Waals surface area (Å²) in [4.78, 5) is 36.6. The zero-order chi connectivity index (χ0) is 16.0. The van der Waals surface area contributed by atoms with Gasteiger partial charge >= 0.3 is 17.8 Å². The molecule has 0 aliphatic rings. The lowest BCUT2D eigenvalue weighted by Gasteiger charge is -2.18. The third-order valence-electron chi connectivity index (χ3n) is 2.88. The van der Waals surface area contributed by atoms with E-state index in [9.17, 15) is 14.4 Å². The molecule has 0 saturated heterocycles. The predicted molar refractivity (Wildman–Crippen MR) is 79.3 cm³/mol. The van der Waals surface area contributed by atoms with Crippen molar-refractivity contribution in [2.75, 3.05) is 25.5 Å². The summed E-state index contributed by atoms with van der Waals surface area (Å²) in [5.41, 5.74) is 0.414. The highest BCUT2D eigenvalue weighted by molar-refractivity contribution is 6.41. The van der Waals surface area contributed by atoms with Gasteiger partial charge in [0.05, 0.1) is 23.4 Å². The first-order chi connectivity index (χ1) is 9.94. The highest BCUT2D eigenvalue weighted by atomic mass is 35.5. The molecule has 0 saturated carbocycles. The maximum atomic E-state index is 11.9. The Balaban J connectivity index is 2.94. The van der Waals surface area contributed by atoms with Crippen molar-refractivity contribution in [2.24, 2.45) is 0 Å². The zero-order valence-corrected chi connectivity index (χ0v) is 12.9. The number of ether oxygens (including phenoxy) is 1. The molecule has 1 rings (SSSR count). The van der Waals surface area contributed by atoms with Crippen molar-refractivity contribution in [2.45, 2.75) is 13.8 Å². The smallest absolute Gasteiger partial charge is 0.337 e. The van der Waals surface area contributed by atoms with Gasteiger partial charge in [-0.3, -0.25) is 9.59 Å². The van der Waals surface area contributed by atoms with Gasteiger partial charge in [0, 0.05) is 13.1 Å². The second-order valence-corrected chi connectivity index (χ2v) is 4.52. The van der Waals surface area contributed by atoms with E-state index >= 15 is 0 Å². The van der Waals surface area contributed by atoms with Gasteiger partial charge in [-0.1, -0.05) is 11.6 Å². The number of benzene rings is 1. The number of methoxy groups -OCH3 is 1. The van der Waals surface area contributed by atoms with E-state index in [2.05, 4.69) is 10.1 Å². The first-order valence-electron chi connectivity index (χ1n) is 6.42. The van der Waals surface area contributed by atoms with Crippen molar-refractivity contribution in [1.82, 2.24) is 4.90 Å². The van der Waals surface area contributed by atoms with Gasteiger partial charge in [0.25, 0.3) is 0 Å². The van der Waals surface area contributed by atoms with Crippen LogP contribution >= 0.6 is 11.6 Å². The number of likely N-dealkylation sites (N-methyl/N-ethyl adjacent to an activating group) is 1. The molecule has 2 amide bonds. The van der Waals surface area contributed by atoms with Crippen molar-refractivity contribution in [3.05, 3.63) is 28.8 Å². The highest BCUT2D eigenvalue weighted by Gasteiger charge is 2.20. The third-order valence-corrected chi connectivity index (χ3v) is 3.21. The van der Waals surface area contributed by atoms with Crippen LogP contribution in [0.15, 0.2) is 18.2 Å². The summed E-state index contributed by atoms with van der Waals surface area (Å²) in [6.45, 7) is 4.41. The van der Waals surface area contributed by atoms with Crippen LogP contribution in [0.4, 0.5) is 5.69 Å². The number of nitrogens with one attached hydrogen (secondary N) is 1. The van der Waals surface area contributed by atoms with E-state index in [1.54, 1.807) is 13.8 Å². The van der Waals surface area contributed by atoms with Crippen LogP contribution in [-0.2, 0) is 14.3 Å². The van der Waals surface area contributed by atoms with Crippen LogP contribution in [0.5, 0.6) is 0 Å². The molecule has 1 N–H and O–H groups in total. The van der Waals surface area contributed by atoms with Crippen LogP contribution in [0.3, 0.4) is 0 Å². The molecule has 0 spiro atoms. The number of hydrogen-bond acceptors (Lipinski definition) is 4. The average Bonchev–Trinajstić information content (AvgIpc) is 2.49. The monoisotopic (exact) mass is 312 g/mol. The van der Waals surface area contributed by atoms with Gasteiger partial charge in [0.2, 0.25) is 0 Å². The van der Waals surface area contributed by atoms with Crippen LogP contribution in [0.1, 0.15) is 24.2 Å². The Morgan fingerprint density at radius 1 is 1.24 bits per heavy atom. The number of esters is 1. The summed E-state index contributed by atoms with van der Waals surface area (Å²) in [6.07, 6.45) is 0. The molecule has 0 aromatic heterocycles. The summed E-state index contributed by atoms with van der Waals surface area (Å²) in [5.74, 6) is -2.01. The van der Waals surface area contributed by atoms with Crippen molar-refractivity contribution in [3.63, 3.8) is 0 Å². The van der Waals surface area contributed by atoms with Gasteiger partial charge in [0.1, 0.15) is 0 Å². The molecule has 0 bridgehead atoms. The lowest BCUT2D eigenvalue weighted by atomic mass is 10.2. The van der Waals surface area contributed by atoms with E-state index in [0.717, 1.165) is 0 Å². The van der Waals surface area contributed by atoms with Crippen molar-refractivity contribution in [1.29, 1.82) is 0 Å². The van der Waals surface area contributed by atoms with Crippen molar-refractivity contribution < 1.29 is 19.1 Å². The minimum Gasteiger partial charge on any atom is -0.465 e. The van der Waals surface area contributed by atoms with E-state index in [1.807, 2.05) is 0 Å². The number of hydrogen-bond donors (Lipinski definition) is 1. The second kappa shape index (κ2) is 7.64. The molecular formula is C14H17ClN2O4. The fraction of sp³-hybridized carbons (Fsp3) is 0.357. The molecule has 0 heterocycles. The van der Waals surface area contributed by atoms with Gasteiger partial charge < -0.3 is 15.0 Å². The largest absolute Gasteiger partial charge is 0.465 e. The first kappa shape index (κ1) is 17.0. The number of carbonyl (C=O) groups excluding carboxylic acids is 3. The van der Waals surface area contributed by atoms with Crippen LogP contribution < -0.4 is 5.32 Å². The molecule has 6 nitrogen and oxygen atoms in total. The van der Waals surface area contributed by atoms with E-state index in [4.69, 9.17) is 11.6 Å². The Hall–Kier alpha value is -2.08. The summed E-state index contributed by atoms with van der Waals surface area (Å²) in [5, 5.41) is 2.63. The summed E-state index contributed by atoms with van der Waals surface area (Å²) in [7, 11) is 1.25. The molecular weight excluding hydrogens is 296 g/mol. The number of amides is 2. The van der Waals surface area contributed by atoms with E-state index in [1.165, 1.54) is 30.2 Å². The Morgan fingerprint density at radius 2 is 1.86 bits per heavy atom. The number of halogens is 1. The normalized spacial score (nSPS) is 9.90. The Bertz CT molecular complexity index is 556. The zero-order valence-electron chi connectivity index (χ0n) is 12.1. The number of nitrogens with zero attached hydrogens (tertiary/aromatic N) is 1. The van der Waals surface area contributed by atoms with Crippen LogP contribution in [-0.4, -0.2) is 42.9 Å². The predicted octanol–water partition coefficient (Wildman–Crippen LogP) is 1.93. The Kier molecular flexibility index (Phi) is 6.17. The summed E-state index contributed by atoms with van der Waals surface area (Å²) < 4.78 is 4.59. The number of carbonyl (C=O) groups is 3. The van der Waals surface area contributed by atoms with Gasteiger partial charge in [-0.25, -0.2) is 4.79 Å². The van der Waals surface area contributed by atoms with Crippen LogP contribution in [0, 0.1) is 0 Å². The first-order valence-corrected chi connectivity index (χ1v) is 6.80. The number of anilines is 1. The molecule has 0 radical (unpaired) electrons. The van der Waals surface area contributed by atoms with Crippen LogP contribution in [0.25, 0.3) is 0 Å². The van der Waals surface area contributed by atoms with Gasteiger partial charge in [-0.05, 0) is 32.0 Å². The molecule has 0 atom stereocenters. The van der Waals surface area contributed by atoms with Crippen molar-refractivity contribution in [3.8, 4) is 0 Å². The fourth-order valence-electron chi connectivity index (χ4n) is 1.70. The SMILES string of the molecule is CCN(CC)C(=O)C(=O)Nc1cc(C(=O)OC)ccc1Cl. The van der Waals surface area contributed by atoms with E-state index < -0.39 is 17.8 Å². The topological polar surface area (TPSA) is 75.7 Å². The molecule has 0 aliphatic carbocycles. The minimum atomic E-state index is -0.803. The van der Waals surface area contributed by atoms with Gasteiger partial charge in [-0.2, -0.15) is 0 Å². The lowest BCUT2D eigenvalue weighted by molar-refractivity contribution is -0.142. The van der Waals surface area contributed by atoms with E-state index in [0.29, 0.717) is 13.1 Å². The average molecular weight is 313 g/mol. The van der Waals surface area contributed by atoms with Gasteiger partial charge in [0.15, 0.2) is 0 Å². The Morgan fingerprint density at radius 3 is 2.38 bits per heavy atom. The molecule has 0 aliphatic heterocycles. The van der Waals surface area contributed by atoms with Gasteiger partial charge in [-0.15, -0.1) is 0 Å². The quantitative estimate of drug-likeness (QED) is 0.681. The fourth-order valence-corrected chi connectivity index (χ4v) is 1.86. The molecule has 7 heteroatoms. The maximum absolute atomic E-state index is 11.9. The van der Waals surface area contributed by atoms with Crippen LogP contribution in [0.2, 0.25) is 5.02 Å². The molecule has 21 heavy (non-hydrogen) atoms. The standard InChI is InChI=1S/C14H17ClN2O4/c1-4-17(5-2)13(19)12(18)16-11-8-9(14(20)21-3)6-7-10(11)15/h6-8H,4-5H2,1-3H3,(H,16,18). The molecule has 0 fully saturated rings. The van der Waals surface area contributed by atoms with Crippen molar-refractivity contribution >= 4 is 35.1 Å².